The fourth-order valence-corrected chi connectivity index (χ4v) is 10.4. The normalized spacial score (nSPS) is 15.3. The molecule has 0 unspecified atom stereocenters. The van der Waals surface area contributed by atoms with Crippen LogP contribution in [-0.4, -0.2) is 82.3 Å². The minimum absolute atomic E-state index is 0.0271. The molecule has 342 valence electrons. The number of nitrogens with zero attached hydrogens (tertiary/aromatic N) is 6. The highest BCUT2D eigenvalue weighted by Gasteiger charge is 2.30. The van der Waals surface area contributed by atoms with E-state index < -0.39 is 32.0 Å². The Morgan fingerprint density at radius 3 is 1.62 bits per heavy atom. The van der Waals surface area contributed by atoms with Gasteiger partial charge in [0, 0.05) is 49.0 Å². The SMILES string of the molecule is CC1(C)CCc2c(cncc2-c2nc(-c3ccc(S(=O)(=O)NCCC(=O)O)c(Cl)c3)no2)C1.CC1(C)CCc2c(cncc2-c2nc(-c3ccc(S(=O)(=O)NCCC(=O)O)cc3)no2)C1. The summed E-state index contributed by atoms with van der Waals surface area (Å²) in [5.41, 5.74) is 7.89. The molecule has 0 spiro atoms. The van der Waals surface area contributed by atoms with Crippen molar-refractivity contribution in [1.29, 1.82) is 0 Å². The van der Waals surface area contributed by atoms with Crippen molar-refractivity contribution in [3.8, 4) is 45.7 Å². The van der Waals surface area contributed by atoms with Crippen molar-refractivity contribution in [2.75, 3.05) is 13.1 Å². The van der Waals surface area contributed by atoms with Crippen molar-refractivity contribution < 1.29 is 45.7 Å². The van der Waals surface area contributed by atoms with Crippen LogP contribution in [0.2, 0.25) is 5.02 Å². The van der Waals surface area contributed by atoms with Crippen molar-refractivity contribution >= 4 is 43.6 Å². The van der Waals surface area contributed by atoms with Gasteiger partial charge in [-0.1, -0.05) is 49.6 Å². The Morgan fingerprint density at radius 1 is 0.677 bits per heavy atom. The fourth-order valence-electron chi connectivity index (χ4n) is 7.75. The summed E-state index contributed by atoms with van der Waals surface area (Å²) in [6.07, 6.45) is 12.4. The number of fused-ring (bicyclic) bond motifs is 2. The number of carboxylic acids is 2. The molecule has 2 aromatic carbocycles. The van der Waals surface area contributed by atoms with Crippen LogP contribution in [0.25, 0.3) is 45.7 Å². The molecule has 4 heterocycles. The summed E-state index contributed by atoms with van der Waals surface area (Å²) >= 11 is 6.22. The first kappa shape index (κ1) is 47.0. The van der Waals surface area contributed by atoms with Crippen LogP contribution in [0.15, 0.2) is 86.1 Å². The number of carbonyl (C=O) groups is 2. The first-order valence-electron chi connectivity index (χ1n) is 20.6. The number of hydrogen-bond acceptors (Lipinski definition) is 14. The van der Waals surface area contributed by atoms with E-state index in [9.17, 15) is 26.4 Å². The minimum Gasteiger partial charge on any atom is -0.481 e. The molecule has 8 rings (SSSR count). The van der Waals surface area contributed by atoms with Gasteiger partial charge in [-0.15, -0.1) is 0 Å². The van der Waals surface area contributed by atoms with Gasteiger partial charge >= 0.3 is 11.9 Å². The number of rotatable bonds is 14. The van der Waals surface area contributed by atoms with Gasteiger partial charge in [-0.25, -0.2) is 26.3 Å². The molecule has 0 saturated heterocycles. The zero-order valence-electron chi connectivity index (χ0n) is 36.0. The van der Waals surface area contributed by atoms with Crippen molar-refractivity contribution in [3.63, 3.8) is 0 Å². The van der Waals surface area contributed by atoms with Crippen molar-refractivity contribution in [3.05, 3.63) is 94.5 Å². The molecule has 0 fully saturated rings. The Hall–Kier alpha value is -5.93. The first-order valence-corrected chi connectivity index (χ1v) is 24.0. The van der Waals surface area contributed by atoms with Crippen LogP contribution in [0.3, 0.4) is 0 Å². The van der Waals surface area contributed by atoms with Gasteiger partial charge in [0.15, 0.2) is 0 Å². The molecule has 2 aliphatic carbocycles. The van der Waals surface area contributed by atoms with E-state index in [1.165, 1.54) is 47.0 Å². The average Bonchev–Trinajstić information content (AvgIpc) is 3.94. The molecule has 65 heavy (non-hydrogen) atoms. The van der Waals surface area contributed by atoms with Crippen molar-refractivity contribution in [2.24, 2.45) is 10.8 Å². The summed E-state index contributed by atoms with van der Waals surface area (Å²) in [4.78, 5) is 38.8. The molecule has 0 aliphatic heterocycles. The molecule has 0 bridgehead atoms. The number of pyridine rings is 2. The third-order valence-corrected chi connectivity index (χ3v) is 14.6. The molecule has 0 radical (unpaired) electrons. The molecule has 18 nitrogen and oxygen atoms in total. The lowest BCUT2D eigenvalue weighted by atomic mass is 9.74. The lowest BCUT2D eigenvalue weighted by molar-refractivity contribution is -0.137. The van der Waals surface area contributed by atoms with Crippen LogP contribution >= 0.6 is 11.6 Å². The maximum absolute atomic E-state index is 12.4. The highest BCUT2D eigenvalue weighted by Crippen LogP contribution is 2.40. The maximum Gasteiger partial charge on any atom is 0.304 e. The Bertz CT molecular complexity index is 2970. The topological polar surface area (TPSA) is 271 Å². The number of hydrogen-bond donors (Lipinski definition) is 4. The highest BCUT2D eigenvalue weighted by molar-refractivity contribution is 7.89. The van der Waals surface area contributed by atoms with Crippen LogP contribution in [0.1, 0.15) is 75.6 Å². The second-order valence-electron chi connectivity index (χ2n) is 17.4. The summed E-state index contributed by atoms with van der Waals surface area (Å²) in [7, 11) is -7.76. The Labute approximate surface area is 380 Å². The fraction of sp³-hybridized carbons (Fsp3) is 0.364. The van der Waals surface area contributed by atoms with Crippen LogP contribution < -0.4 is 9.44 Å². The van der Waals surface area contributed by atoms with Gasteiger partial charge in [-0.05, 0) is 114 Å². The number of aromatic nitrogens is 6. The summed E-state index contributed by atoms with van der Waals surface area (Å²) in [6, 6.07) is 10.3. The number of benzene rings is 2. The third-order valence-electron chi connectivity index (χ3n) is 11.2. The van der Waals surface area contributed by atoms with E-state index in [2.05, 4.69) is 67.4 Å². The zero-order chi connectivity index (χ0) is 46.7. The Balaban J connectivity index is 0.000000194. The predicted molar refractivity (Wildman–Crippen MR) is 237 cm³/mol. The molecule has 4 aromatic heterocycles. The Kier molecular flexibility index (Phi) is 13.7. The van der Waals surface area contributed by atoms with Gasteiger partial charge in [0.1, 0.15) is 4.90 Å². The lowest BCUT2D eigenvalue weighted by Crippen LogP contribution is -2.26. The zero-order valence-corrected chi connectivity index (χ0v) is 38.3. The number of carboxylic acid groups (broad SMARTS) is 2. The number of sulfonamides is 2. The minimum atomic E-state index is -3.96. The van der Waals surface area contributed by atoms with Gasteiger partial charge in [-0.2, -0.15) is 9.97 Å². The Morgan fingerprint density at radius 2 is 1.14 bits per heavy atom. The van der Waals surface area contributed by atoms with E-state index in [1.54, 1.807) is 24.5 Å². The maximum atomic E-state index is 12.4. The molecule has 6 aromatic rings. The average molecular weight is 947 g/mol. The number of halogens is 1. The number of nitrogens with one attached hydrogen (secondary N) is 2. The molecule has 21 heteroatoms. The quantitative estimate of drug-likeness (QED) is 0.0875. The largest absolute Gasteiger partial charge is 0.481 e. The van der Waals surface area contributed by atoms with Gasteiger partial charge < -0.3 is 19.3 Å². The summed E-state index contributed by atoms with van der Waals surface area (Å²) in [6.45, 7) is 8.56. The summed E-state index contributed by atoms with van der Waals surface area (Å²) < 4.78 is 64.9. The van der Waals surface area contributed by atoms with E-state index in [1.807, 2.05) is 12.4 Å². The summed E-state index contributed by atoms with van der Waals surface area (Å²) in [5.74, 6) is -0.839. The molecule has 0 atom stereocenters. The summed E-state index contributed by atoms with van der Waals surface area (Å²) in [5, 5.41) is 25.4. The van der Waals surface area contributed by atoms with E-state index in [4.69, 9.17) is 30.9 Å². The lowest BCUT2D eigenvalue weighted by Gasteiger charge is -2.31. The van der Waals surface area contributed by atoms with Crippen LogP contribution in [0.4, 0.5) is 0 Å². The van der Waals surface area contributed by atoms with E-state index in [0.29, 0.717) is 28.7 Å². The van der Waals surface area contributed by atoms with Gasteiger partial charge in [0.2, 0.25) is 31.7 Å². The van der Waals surface area contributed by atoms with E-state index >= 15 is 0 Å². The highest BCUT2D eigenvalue weighted by atomic mass is 35.5. The molecule has 0 saturated carbocycles. The molecule has 2 aliphatic rings. The van der Waals surface area contributed by atoms with Crippen molar-refractivity contribution in [2.45, 2.75) is 88.9 Å². The van der Waals surface area contributed by atoms with Crippen LogP contribution in [0, 0.1) is 10.8 Å². The molecule has 0 amide bonds. The second kappa shape index (κ2) is 18.9. The first-order chi connectivity index (χ1) is 30.7. The van der Waals surface area contributed by atoms with Crippen LogP contribution in [0.5, 0.6) is 0 Å². The molecular formula is C44H47ClN8O10S2. The second-order valence-corrected chi connectivity index (χ2v) is 21.3. The third kappa shape index (κ3) is 11.3. The van der Waals surface area contributed by atoms with Crippen molar-refractivity contribution in [1.82, 2.24) is 39.7 Å². The van der Waals surface area contributed by atoms with E-state index in [0.717, 1.165) is 55.2 Å². The van der Waals surface area contributed by atoms with Crippen LogP contribution in [-0.2, 0) is 55.3 Å². The monoisotopic (exact) mass is 946 g/mol. The van der Waals surface area contributed by atoms with Gasteiger partial charge in [0.05, 0.1) is 33.9 Å². The molecular weight excluding hydrogens is 900 g/mol. The predicted octanol–water partition coefficient (Wildman–Crippen LogP) is 6.79. The smallest absolute Gasteiger partial charge is 0.304 e. The molecule has 4 N–H and O–H groups in total. The van der Waals surface area contributed by atoms with Gasteiger partial charge in [0.25, 0.3) is 11.8 Å². The van der Waals surface area contributed by atoms with E-state index in [-0.39, 0.29) is 57.4 Å². The number of aliphatic carboxylic acids is 2. The van der Waals surface area contributed by atoms with Gasteiger partial charge in [-0.3, -0.25) is 19.6 Å². The standard InChI is InChI=1S/C22H23ClN4O5S.C22H24N4O5S/c1-22(2)7-5-15-14(10-22)11-24-12-16(15)21-26-20(27-32-21)13-3-4-18(17(23)9-13)33(30,31)25-8-6-19(28)29;1-22(2)9-7-17-15(11-22)12-23-13-18(17)21-25-20(26-31-21)14-3-5-16(6-4-14)32(29,30)24-10-8-19(27)28/h3-4,9,11-12,25H,5-8,10H2,1-2H3,(H,28,29);3-6,12-13,24H,7-11H2,1-2H3,(H,27,28).